The highest BCUT2D eigenvalue weighted by Gasteiger charge is 2.03. The smallest absolute Gasteiger partial charge is 0.213 e. The van der Waals surface area contributed by atoms with Gasteiger partial charge in [-0.1, -0.05) is 24.3 Å². The fraction of sp³-hybridized carbons (Fsp3) is 0.294. The van der Waals surface area contributed by atoms with Crippen molar-refractivity contribution in [3.63, 3.8) is 0 Å². The predicted molar refractivity (Wildman–Crippen MR) is 104 cm³/mol. The topological polar surface area (TPSA) is 58.5 Å². The second-order valence-electron chi connectivity index (χ2n) is 4.81. The third-order valence-electron chi connectivity index (χ3n) is 3.14. The van der Waals surface area contributed by atoms with Gasteiger partial charge in [0.2, 0.25) is 5.88 Å². The number of benzene rings is 1. The van der Waals surface area contributed by atoms with Crippen LogP contribution in [0, 0.1) is 5.82 Å². The number of aliphatic imine (C=N–C) groups is 1. The van der Waals surface area contributed by atoms with E-state index in [-0.39, 0.29) is 36.3 Å². The molecule has 0 saturated heterocycles. The monoisotopic (exact) mass is 444 g/mol. The Kier molecular flexibility index (Phi) is 9.06. The molecular weight excluding hydrogens is 422 g/mol. The number of guanidine groups is 1. The molecule has 0 aliphatic heterocycles. The minimum atomic E-state index is -0.249. The Balaban J connectivity index is 0.00000288. The van der Waals surface area contributed by atoms with Crippen LogP contribution in [-0.2, 0) is 13.1 Å². The second kappa shape index (κ2) is 10.8. The molecule has 0 aliphatic rings. The highest BCUT2D eigenvalue weighted by atomic mass is 127. The molecule has 0 fully saturated rings. The number of hydrogen-bond acceptors (Lipinski definition) is 3. The molecule has 1 heterocycles. The molecule has 0 bridgehead atoms. The Morgan fingerprint density at radius 1 is 1.17 bits per heavy atom. The van der Waals surface area contributed by atoms with Gasteiger partial charge < -0.3 is 15.4 Å². The van der Waals surface area contributed by atoms with Crippen LogP contribution in [0.5, 0.6) is 5.88 Å². The molecule has 2 rings (SSSR count). The van der Waals surface area contributed by atoms with Gasteiger partial charge in [0.1, 0.15) is 5.82 Å². The lowest BCUT2D eigenvalue weighted by molar-refractivity contribution is 0.396. The normalized spacial score (nSPS) is 10.7. The first-order valence-electron chi connectivity index (χ1n) is 7.48. The summed E-state index contributed by atoms with van der Waals surface area (Å²) in [6.07, 6.45) is 0. The van der Waals surface area contributed by atoms with Gasteiger partial charge in [-0.3, -0.25) is 0 Å². The van der Waals surface area contributed by atoms with E-state index in [9.17, 15) is 4.39 Å². The molecule has 0 atom stereocenters. The van der Waals surface area contributed by atoms with Gasteiger partial charge in [0.25, 0.3) is 0 Å². The van der Waals surface area contributed by atoms with Crippen molar-refractivity contribution in [2.24, 2.45) is 4.99 Å². The third-order valence-corrected chi connectivity index (χ3v) is 3.14. The van der Waals surface area contributed by atoms with E-state index in [1.807, 2.05) is 19.1 Å². The maximum absolute atomic E-state index is 13.6. The third kappa shape index (κ3) is 6.31. The Morgan fingerprint density at radius 3 is 2.67 bits per heavy atom. The van der Waals surface area contributed by atoms with E-state index in [0.29, 0.717) is 30.5 Å². The average molecular weight is 444 g/mol. The van der Waals surface area contributed by atoms with Crippen LogP contribution in [0.1, 0.15) is 18.2 Å². The van der Waals surface area contributed by atoms with E-state index < -0.39 is 0 Å². The minimum Gasteiger partial charge on any atom is -0.481 e. The Bertz CT molecular complexity index is 667. The van der Waals surface area contributed by atoms with Gasteiger partial charge in [-0.15, -0.1) is 24.0 Å². The summed E-state index contributed by atoms with van der Waals surface area (Å²) in [6, 6.07) is 12.2. The number of halogens is 2. The fourth-order valence-corrected chi connectivity index (χ4v) is 1.98. The van der Waals surface area contributed by atoms with Crippen molar-refractivity contribution in [2.75, 3.05) is 13.7 Å². The number of hydrogen-bond donors (Lipinski definition) is 2. The summed E-state index contributed by atoms with van der Waals surface area (Å²) < 4.78 is 18.7. The first-order chi connectivity index (χ1) is 11.2. The Morgan fingerprint density at radius 2 is 1.96 bits per heavy atom. The van der Waals surface area contributed by atoms with E-state index in [2.05, 4.69) is 20.6 Å². The number of pyridine rings is 1. The molecule has 0 amide bonds. The van der Waals surface area contributed by atoms with Crippen LogP contribution in [0.3, 0.4) is 0 Å². The first-order valence-corrected chi connectivity index (χ1v) is 7.48. The summed E-state index contributed by atoms with van der Waals surface area (Å²) in [5.74, 6) is 0.930. The van der Waals surface area contributed by atoms with E-state index in [4.69, 9.17) is 4.74 Å². The molecule has 1 aromatic heterocycles. The average Bonchev–Trinajstić information content (AvgIpc) is 2.59. The van der Waals surface area contributed by atoms with Gasteiger partial charge in [0.15, 0.2) is 5.96 Å². The van der Waals surface area contributed by atoms with Crippen LogP contribution in [0.2, 0.25) is 0 Å². The maximum atomic E-state index is 13.6. The van der Waals surface area contributed by atoms with Gasteiger partial charge in [-0.25, -0.2) is 14.4 Å². The molecule has 0 radical (unpaired) electrons. The SMILES string of the molecule is CCNC(=NCc1ccccc1F)NCc1cccc(OC)n1.I. The molecule has 24 heavy (non-hydrogen) atoms. The van der Waals surface area contributed by atoms with E-state index in [0.717, 1.165) is 5.69 Å². The van der Waals surface area contributed by atoms with Crippen molar-refractivity contribution in [3.8, 4) is 5.88 Å². The lowest BCUT2D eigenvalue weighted by atomic mass is 10.2. The molecule has 0 aliphatic carbocycles. The lowest BCUT2D eigenvalue weighted by Gasteiger charge is -2.11. The molecule has 2 N–H and O–H groups in total. The molecule has 7 heteroatoms. The summed E-state index contributed by atoms with van der Waals surface area (Å²) in [7, 11) is 1.58. The number of aromatic nitrogens is 1. The summed E-state index contributed by atoms with van der Waals surface area (Å²) in [5, 5.41) is 6.30. The standard InChI is InChI=1S/C17H21FN4O.HI/c1-3-19-17(20-11-13-7-4-5-9-15(13)18)21-12-14-8-6-10-16(22-14)23-2;/h4-10H,3,11-12H2,1-2H3,(H2,19,20,21);1H. The van der Waals surface area contributed by atoms with E-state index in [1.54, 1.807) is 31.4 Å². The molecule has 0 spiro atoms. The fourth-order valence-electron chi connectivity index (χ4n) is 1.98. The van der Waals surface area contributed by atoms with Crippen molar-refractivity contribution < 1.29 is 9.13 Å². The van der Waals surface area contributed by atoms with Crippen LogP contribution < -0.4 is 15.4 Å². The van der Waals surface area contributed by atoms with Crippen molar-refractivity contribution in [2.45, 2.75) is 20.0 Å². The zero-order chi connectivity index (χ0) is 16.5. The van der Waals surface area contributed by atoms with Crippen LogP contribution in [0.15, 0.2) is 47.5 Å². The van der Waals surface area contributed by atoms with Gasteiger partial charge >= 0.3 is 0 Å². The van der Waals surface area contributed by atoms with E-state index >= 15 is 0 Å². The van der Waals surface area contributed by atoms with Gasteiger partial charge in [-0.05, 0) is 19.1 Å². The largest absolute Gasteiger partial charge is 0.481 e. The summed E-state index contributed by atoms with van der Waals surface area (Å²) >= 11 is 0. The van der Waals surface area contributed by atoms with Gasteiger partial charge in [0.05, 0.1) is 25.9 Å². The molecule has 5 nitrogen and oxygen atoms in total. The predicted octanol–water partition coefficient (Wildman–Crippen LogP) is 3.10. The quantitative estimate of drug-likeness (QED) is 0.409. The van der Waals surface area contributed by atoms with Crippen LogP contribution in [-0.4, -0.2) is 24.6 Å². The molecular formula is C17H22FIN4O. The second-order valence-corrected chi connectivity index (χ2v) is 4.81. The Hall–Kier alpha value is -1.90. The Labute approximate surface area is 158 Å². The minimum absolute atomic E-state index is 0. The zero-order valence-electron chi connectivity index (χ0n) is 13.8. The van der Waals surface area contributed by atoms with Crippen molar-refractivity contribution in [1.29, 1.82) is 0 Å². The summed E-state index contributed by atoms with van der Waals surface area (Å²) in [5.41, 5.74) is 1.39. The van der Waals surface area contributed by atoms with Crippen LogP contribution in [0.4, 0.5) is 4.39 Å². The number of rotatable bonds is 6. The van der Waals surface area contributed by atoms with Crippen molar-refractivity contribution in [3.05, 3.63) is 59.5 Å². The molecule has 1 aromatic carbocycles. The summed E-state index contributed by atoms with van der Waals surface area (Å²) in [4.78, 5) is 8.73. The maximum Gasteiger partial charge on any atom is 0.213 e. The van der Waals surface area contributed by atoms with Gasteiger partial charge in [-0.2, -0.15) is 0 Å². The van der Waals surface area contributed by atoms with Crippen LogP contribution >= 0.6 is 24.0 Å². The summed E-state index contributed by atoms with van der Waals surface area (Å²) in [6.45, 7) is 3.46. The van der Waals surface area contributed by atoms with Gasteiger partial charge in [0, 0.05) is 18.2 Å². The molecule has 2 aromatic rings. The number of methoxy groups -OCH3 is 1. The lowest BCUT2D eigenvalue weighted by Crippen LogP contribution is -2.37. The number of nitrogens with one attached hydrogen (secondary N) is 2. The molecule has 0 unspecified atom stereocenters. The van der Waals surface area contributed by atoms with Crippen LogP contribution in [0.25, 0.3) is 0 Å². The van der Waals surface area contributed by atoms with E-state index in [1.165, 1.54) is 6.07 Å². The zero-order valence-corrected chi connectivity index (χ0v) is 16.1. The molecule has 130 valence electrons. The van der Waals surface area contributed by atoms with Crippen molar-refractivity contribution in [1.82, 2.24) is 15.6 Å². The number of ether oxygens (including phenoxy) is 1. The highest BCUT2D eigenvalue weighted by Crippen LogP contribution is 2.08. The molecule has 0 saturated carbocycles. The highest BCUT2D eigenvalue weighted by molar-refractivity contribution is 14.0. The number of nitrogens with zero attached hydrogens (tertiary/aromatic N) is 2. The van der Waals surface area contributed by atoms with Crippen molar-refractivity contribution >= 4 is 29.9 Å². The first kappa shape index (κ1) is 20.1.